The summed E-state index contributed by atoms with van der Waals surface area (Å²) in [5.74, 6) is 0.536. The first kappa shape index (κ1) is 31.4. The van der Waals surface area contributed by atoms with Gasteiger partial charge >= 0.3 is 0 Å². The van der Waals surface area contributed by atoms with Crippen LogP contribution >= 0.6 is 0 Å². The molecule has 0 radical (unpaired) electrons. The lowest BCUT2D eigenvalue weighted by Gasteiger charge is -2.41. The summed E-state index contributed by atoms with van der Waals surface area (Å²) in [4.78, 5) is 4.41. The van der Waals surface area contributed by atoms with Crippen LogP contribution in [0.2, 0.25) is 0 Å². The minimum atomic E-state index is -0.512. The van der Waals surface area contributed by atoms with Gasteiger partial charge in [-0.15, -0.1) is 10.2 Å². The van der Waals surface area contributed by atoms with E-state index in [1.165, 1.54) is 23.3 Å². The summed E-state index contributed by atoms with van der Waals surface area (Å²) in [6.45, 7) is 3.33. The highest BCUT2D eigenvalue weighted by Gasteiger charge is 2.36. The van der Waals surface area contributed by atoms with Crippen molar-refractivity contribution in [3.8, 4) is 0 Å². The Bertz CT molecular complexity index is 1770. The Balaban J connectivity index is 1.15. The first-order valence-corrected chi connectivity index (χ1v) is 16.2. The van der Waals surface area contributed by atoms with E-state index in [2.05, 4.69) is 65.1 Å². The van der Waals surface area contributed by atoms with Crippen molar-refractivity contribution in [1.82, 2.24) is 50.2 Å². The van der Waals surface area contributed by atoms with Crippen molar-refractivity contribution in [3.63, 3.8) is 0 Å². The fourth-order valence-corrected chi connectivity index (χ4v) is 6.54. The average Bonchev–Trinajstić information content (AvgIpc) is 3.80. The number of aryl methyl sites for hydroxylation is 4. The minimum absolute atomic E-state index is 0.315. The van der Waals surface area contributed by atoms with Crippen LogP contribution in [0.15, 0.2) is 109 Å². The topological polar surface area (TPSA) is 93.7 Å². The number of tetrazole rings is 2. The second-order valence-corrected chi connectivity index (χ2v) is 11.9. The maximum atomic E-state index is 15.5. The lowest BCUT2D eigenvalue weighted by Crippen LogP contribution is -2.50. The van der Waals surface area contributed by atoms with E-state index in [0.717, 1.165) is 12.8 Å². The summed E-state index contributed by atoms with van der Waals surface area (Å²) < 4.78 is 34.5. The van der Waals surface area contributed by atoms with Crippen LogP contribution in [0.25, 0.3) is 0 Å². The smallest absolute Gasteiger partial charge is 0.173 e. The monoisotopic (exact) mass is 646 g/mol. The molecule has 0 aliphatic carbocycles. The molecule has 48 heavy (non-hydrogen) atoms. The van der Waals surface area contributed by atoms with Gasteiger partial charge in [0.05, 0.1) is 0 Å². The molecule has 0 amide bonds. The van der Waals surface area contributed by atoms with Gasteiger partial charge in [0.15, 0.2) is 11.6 Å². The zero-order valence-electron chi connectivity index (χ0n) is 26.4. The Labute approximate surface area is 277 Å². The van der Waals surface area contributed by atoms with Crippen molar-refractivity contribution in [2.45, 2.75) is 38.0 Å². The Morgan fingerprint density at radius 2 is 0.875 bits per heavy atom. The molecule has 6 aromatic rings. The van der Waals surface area contributed by atoms with E-state index in [4.69, 9.17) is 0 Å². The molecule has 2 aromatic heterocycles. The number of benzene rings is 4. The molecule has 0 N–H and O–H groups in total. The van der Waals surface area contributed by atoms with Crippen LogP contribution in [0.5, 0.6) is 0 Å². The van der Waals surface area contributed by atoms with Gasteiger partial charge in [-0.3, -0.25) is 9.80 Å². The standard InChI is InChI=1S/C36H36F2N10/c37-31-17-9-7-15-29(31)33(35-39-41-43-47(35)21-19-27-11-3-1-4-12-27)45-23-25-46(26-24-45)34(30-16-8-10-18-32(30)38)36-40-42-44-48(36)22-20-28-13-5-2-6-14-28/h1-18,33-34H,19-26H2/t33-,34+. The highest BCUT2D eigenvalue weighted by Crippen LogP contribution is 2.34. The molecule has 244 valence electrons. The molecule has 0 saturated carbocycles. The summed E-state index contributed by atoms with van der Waals surface area (Å²) in [6.07, 6.45) is 1.47. The molecule has 3 heterocycles. The second kappa shape index (κ2) is 14.7. The molecule has 1 aliphatic heterocycles. The molecule has 0 bridgehead atoms. The van der Waals surface area contributed by atoms with Gasteiger partial charge in [0.25, 0.3) is 0 Å². The molecular formula is C36H36F2N10. The van der Waals surface area contributed by atoms with Crippen LogP contribution < -0.4 is 0 Å². The van der Waals surface area contributed by atoms with Crippen LogP contribution in [0.3, 0.4) is 0 Å². The Morgan fingerprint density at radius 1 is 0.500 bits per heavy atom. The molecule has 7 rings (SSSR count). The molecule has 0 unspecified atom stereocenters. The molecule has 2 atom stereocenters. The number of hydrogen-bond donors (Lipinski definition) is 0. The molecule has 10 nitrogen and oxygen atoms in total. The molecule has 12 heteroatoms. The maximum absolute atomic E-state index is 15.5. The second-order valence-electron chi connectivity index (χ2n) is 11.9. The van der Waals surface area contributed by atoms with E-state index >= 15 is 8.78 Å². The molecule has 4 aromatic carbocycles. The molecule has 1 aliphatic rings. The van der Waals surface area contributed by atoms with Gasteiger partial charge in [-0.25, -0.2) is 18.1 Å². The fraction of sp³-hybridized carbons (Fsp3) is 0.278. The molecule has 1 saturated heterocycles. The third-order valence-electron chi connectivity index (χ3n) is 9.00. The molecular weight excluding hydrogens is 610 g/mol. The Hall–Kier alpha value is -5.20. The van der Waals surface area contributed by atoms with Gasteiger partial charge in [-0.1, -0.05) is 97.1 Å². The number of piperazine rings is 1. The van der Waals surface area contributed by atoms with Crippen LogP contribution in [0.1, 0.15) is 46.0 Å². The number of nitrogens with zero attached hydrogens (tertiary/aromatic N) is 10. The van der Waals surface area contributed by atoms with Gasteiger partial charge in [-0.2, -0.15) is 0 Å². The van der Waals surface area contributed by atoms with Gasteiger partial charge in [0.1, 0.15) is 23.7 Å². The van der Waals surface area contributed by atoms with Crippen molar-refractivity contribution >= 4 is 0 Å². The van der Waals surface area contributed by atoms with Gasteiger partial charge < -0.3 is 0 Å². The highest BCUT2D eigenvalue weighted by molar-refractivity contribution is 5.29. The predicted molar refractivity (Wildman–Crippen MR) is 176 cm³/mol. The van der Waals surface area contributed by atoms with E-state index in [-0.39, 0.29) is 11.6 Å². The summed E-state index contributed by atoms with van der Waals surface area (Å²) in [5.41, 5.74) is 3.36. The average molecular weight is 647 g/mol. The lowest BCUT2D eigenvalue weighted by atomic mass is 10.00. The van der Waals surface area contributed by atoms with Crippen molar-refractivity contribution in [2.24, 2.45) is 0 Å². The molecule has 0 spiro atoms. The van der Waals surface area contributed by atoms with Crippen LogP contribution in [-0.2, 0) is 25.9 Å². The fourth-order valence-electron chi connectivity index (χ4n) is 6.54. The number of aromatic nitrogens is 8. The van der Waals surface area contributed by atoms with Crippen molar-refractivity contribution < 1.29 is 8.78 Å². The largest absolute Gasteiger partial charge is 0.287 e. The summed E-state index contributed by atoms with van der Waals surface area (Å²) in [6, 6.07) is 32.9. The Kier molecular flexibility index (Phi) is 9.62. The van der Waals surface area contributed by atoms with Crippen LogP contribution in [-0.4, -0.2) is 76.4 Å². The number of rotatable bonds is 12. The SMILES string of the molecule is Fc1ccccc1[C@H](c1nnnn1CCc1ccccc1)N1CCN([C@@H](c2ccccc2F)c2nnnn2CCc2ccccc2)CC1. The van der Waals surface area contributed by atoms with E-state index in [1.807, 2.05) is 48.5 Å². The number of hydrogen-bond acceptors (Lipinski definition) is 8. The van der Waals surface area contributed by atoms with Crippen molar-refractivity contribution in [3.05, 3.63) is 155 Å². The summed E-state index contributed by atoms with van der Waals surface area (Å²) in [7, 11) is 0. The quantitative estimate of drug-likeness (QED) is 0.185. The lowest BCUT2D eigenvalue weighted by molar-refractivity contribution is 0.0802. The highest BCUT2D eigenvalue weighted by atomic mass is 19.1. The van der Waals surface area contributed by atoms with Gasteiger partial charge in [0.2, 0.25) is 0 Å². The first-order chi connectivity index (χ1) is 23.7. The Morgan fingerprint density at radius 3 is 1.27 bits per heavy atom. The van der Waals surface area contributed by atoms with Crippen LogP contribution in [0, 0.1) is 11.6 Å². The van der Waals surface area contributed by atoms with E-state index in [1.54, 1.807) is 33.6 Å². The normalized spacial score (nSPS) is 15.4. The van der Waals surface area contributed by atoms with Gasteiger partial charge in [-0.05, 0) is 57.0 Å². The zero-order valence-corrected chi connectivity index (χ0v) is 26.4. The van der Waals surface area contributed by atoms with Crippen LogP contribution in [0.4, 0.5) is 8.78 Å². The molecule has 1 fully saturated rings. The van der Waals surface area contributed by atoms with Crippen molar-refractivity contribution in [2.75, 3.05) is 26.2 Å². The first-order valence-electron chi connectivity index (χ1n) is 16.2. The minimum Gasteiger partial charge on any atom is -0.287 e. The zero-order chi connectivity index (χ0) is 32.7. The van der Waals surface area contributed by atoms with E-state index in [0.29, 0.717) is 62.0 Å². The third-order valence-corrected chi connectivity index (χ3v) is 9.00. The summed E-state index contributed by atoms with van der Waals surface area (Å²) in [5, 5.41) is 25.5. The van der Waals surface area contributed by atoms with Crippen molar-refractivity contribution in [1.29, 1.82) is 0 Å². The number of halogens is 2. The predicted octanol–water partition coefficient (Wildman–Crippen LogP) is 4.92. The summed E-state index contributed by atoms with van der Waals surface area (Å²) >= 11 is 0. The van der Waals surface area contributed by atoms with E-state index < -0.39 is 12.1 Å². The van der Waals surface area contributed by atoms with E-state index in [9.17, 15) is 0 Å². The maximum Gasteiger partial charge on any atom is 0.173 e. The third kappa shape index (κ3) is 6.90. The van der Waals surface area contributed by atoms with Gasteiger partial charge in [0, 0.05) is 50.4 Å².